The first-order chi connectivity index (χ1) is 12.6. The number of carbonyl (C=O) groups is 2. The lowest BCUT2D eigenvalue weighted by Crippen LogP contribution is -2.14. The third-order valence-electron chi connectivity index (χ3n) is 3.23. The third-order valence-corrected chi connectivity index (χ3v) is 3.23. The number of rotatable bonds is 11. The van der Waals surface area contributed by atoms with Crippen molar-refractivity contribution < 1.29 is 23.8 Å². The molecule has 0 aliphatic carbocycles. The van der Waals surface area contributed by atoms with Crippen LogP contribution in [-0.4, -0.2) is 32.3 Å². The topological polar surface area (TPSA) is 61.8 Å². The lowest BCUT2D eigenvalue weighted by Gasteiger charge is -2.10. The highest BCUT2D eigenvalue weighted by molar-refractivity contribution is 6.03. The molecule has 0 N–H and O–H groups in total. The van der Waals surface area contributed by atoms with Gasteiger partial charge >= 0.3 is 11.9 Å². The Balaban J connectivity index is 2.84. The van der Waals surface area contributed by atoms with Crippen LogP contribution >= 0.6 is 0 Å². The minimum Gasteiger partial charge on any atom is -0.497 e. The molecule has 0 spiro atoms. The molecule has 0 unspecified atom stereocenters. The molecular formula is C21H24O5. The summed E-state index contributed by atoms with van der Waals surface area (Å²) in [6.45, 7) is 7.40. The van der Waals surface area contributed by atoms with Crippen molar-refractivity contribution in [3.05, 3.63) is 78.9 Å². The number of carbonyl (C=O) groups excluding carboxylic acids is 2. The van der Waals surface area contributed by atoms with E-state index in [1.165, 1.54) is 19.2 Å². The SMILES string of the molecule is C=CC/C=C/COC(=O)c1ccc(OC)cc1C(=O)OC/C=C/CC=C. The van der Waals surface area contributed by atoms with Crippen LogP contribution in [0.5, 0.6) is 5.75 Å². The fourth-order valence-electron chi connectivity index (χ4n) is 1.92. The Labute approximate surface area is 154 Å². The van der Waals surface area contributed by atoms with E-state index >= 15 is 0 Å². The van der Waals surface area contributed by atoms with E-state index in [-0.39, 0.29) is 24.3 Å². The first-order valence-corrected chi connectivity index (χ1v) is 8.18. The van der Waals surface area contributed by atoms with Gasteiger partial charge in [-0.2, -0.15) is 0 Å². The second-order valence-corrected chi connectivity index (χ2v) is 5.10. The lowest BCUT2D eigenvalue weighted by atomic mass is 10.1. The molecule has 0 bridgehead atoms. The summed E-state index contributed by atoms with van der Waals surface area (Å²) in [5, 5.41) is 0. The Morgan fingerprint density at radius 2 is 1.42 bits per heavy atom. The van der Waals surface area contributed by atoms with Crippen molar-refractivity contribution in [3.8, 4) is 5.75 Å². The van der Waals surface area contributed by atoms with Crippen LogP contribution in [0.25, 0.3) is 0 Å². The average Bonchev–Trinajstić information content (AvgIpc) is 2.66. The van der Waals surface area contributed by atoms with Gasteiger partial charge in [0.05, 0.1) is 18.2 Å². The molecule has 0 heterocycles. The molecule has 0 fully saturated rings. The maximum absolute atomic E-state index is 12.3. The van der Waals surface area contributed by atoms with Gasteiger partial charge in [-0.25, -0.2) is 9.59 Å². The van der Waals surface area contributed by atoms with Crippen molar-refractivity contribution in [1.82, 2.24) is 0 Å². The number of ether oxygens (including phenoxy) is 3. The lowest BCUT2D eigenvalue weighted by molar-refractivity contribution is 0.0502. The predicted octanol–water partition coefficient (Wildman–Crippen LogP) is 4.27. The molecule has 0 atom stereocenters. The standard InChI is InChI=1S/C21H24O5/c1-4-6-8-10-14-25-20(22)18-13-12-17(24-3)16-19(18)21(23)26-15-11-9-7-5-2/h4-5,8-13,16H,1-2,6-7,14-15H2,3H3/b10-8+,11-9+. The van der Waals surface area contributed by atoms with E-state index in [1.54, 1.807) is 30.4 Å². The molecule has 26 heavy (non-hydrogen) atoms. The van der Waals surface area contributed by atoms with Crippen molar-refractivity contribution in [3.63, 3.8) is 0 Å². The van der Waals surface area contributed by atoms with Gasteiger partial charge in [-0.05, 0) is 31.0 Å². The van der Waals surface area contributed by atoms with Crippen LogP contribution in [0.4, 0.5) is 0 Å². The summed E-state index contributed by atoms with van der Waals surface area (Å²) in [6.07, 6.45) is 11.9. The molecule has 138 valence electrons. The van der Waals surface area contributed by atoms with Crippen molar-refractivity contribution in [2.24, 2.45) is 0 Å². The molecule has 0 amide bonds. The van der Waals surface area contributed by atoms with Gasteiger partial charge in [-0.1, -0.05) is 36.5 Å². The van der Waals surface area contributed by atoms with Gasteiger partial charge in [-0.15, -0.1) is 13.2 Å². The number of hydrogen-bond donors (Lipinski definition) is 0. The van der Waals surface area contributed by atoms with Crippen LogP contribution in [0, 0.1) is 0 Å². The van der Waals surface area contributed by atoms with Gasteiger partial charge in [0.2, 0.25) is 0 Å². The zero-order valence-corrected chi connectivity index (χ0v) is 15.0. The molecule has 0 aromatic heterocycles. The molecule has 0 aliphatic heterocycles. The first kappa shape index (κ1) is 21.0. The summed E-state index contributed by atoms with van der Waals surface area (Å²) in [4.78, 5) is 24.6. The van der Waals surface area contributed by atoms with Crippen LogP contribution in [0.2, 0.25) is 0 Å². The maximum Gasteiger partial charge on any atom is 0.339 e. The number of allylic oxidation sites excluding steroid dienone is 4. The molecule has 0 saturated heterocycles. The van der Waals surface area contributed by atoms with E-state index in [2.05, 4.69) is 13.2 Å². The van der Waals surface area contributed by atoms with Gasteiger partial charge in [0, 0.05) is 0 Å². The monoisotopic (exact) mass is 356 g/mol. The molecule has 1 aromatic carbocycles. The molecular weight excluding hydrogens is 332 g/mol. The minimum absolute atomic E-state index is 0.0986. The summed E-state index contributed by atoms with van der Waals surface area (Å²) in [5.41, 5.74) is 0.226. The first-order valence-electron chi connectivity index (χ1n) is 8.18. The Kier molecular flexibility index (Phi) is 9.92. The average molecular weight is 356 g/mol. The van der Waals surface area contributed by atoms with Crippen LogP contribution in [0.1, 0.15) is 33.6 Å². The van der Waals surface area contributed by atoms with Crippen molar-refractivity contribution in [2.75, 3.05) is 20.3 Å². The zero-order chi connectivity index (χ0) is 19.2. The summed E-state index contributed by atoms with van der Waals surface area (Å²) >= 11 is 0. The van der Waals surface area contributed by atoms with Crippen LogP contribution < -0.4 is 4.74 Å². The Hall–Kier alpha value is -3.08. The van der Waals surface area contributed by atoms with E-state index in [9.17, 15) is 9.59 Å². The predicted molar refractivity (Wildman–Crippen MR) is 101 cm³/mol. The van der Waals surface area contributed by atoms with Crippen molar-refractivity contribution in [2.45, 2.75) is 12.8 Å². The van der Waals surface area contributed by atoms with Crippen molar-refractivity contribution in [1.29, 1.82) is 0 Å². The number of benzene rings is 1. The second kappa shape index (κ2) is 12.3. The van der Waals surface area contributed by atoms with E-state index in [0.29, 0.717) is 18.6 Å². The highest BCUT2D eigenvalue weighted by Gasteiger charge is 2.20. The molecule has 5 nitrogen and oxygen atoms in total. The maximum atomic E-state index is 12.3. The minimum atomic E-state index is -0.624. The summed E-state index contributed by atoms with van der Waals surface area (Å²) in [7, 11) is 1.48. The fourth-order valence-corrected chi connectivity index (χ4v) is 1.92. The van der Waals surface area contributed by atoms with Gasteiger partial charge < -0.3 is 14.2 Å². The van der Waals surface area contributed by atoms with Gasteiger partial charge in [0.1, 0.15) is 19.0 Å². The van der Waals surface area contributed by atoms with E-state index in [1.807, 2.05) is 12.2 Å². The quantitative estimate of drug-likeness (QED) is 0.438. The van der Waals surface area contributed by atoms with E-state index in [4.69, 9.17) is 14.2 Å². The number of methoxy groups -OCH3 is 1. The molecule has 5 heteroatoms. The Morgan fingerprint density at radius 3 is 1.92 bits per heavy atom. The van der Waals surface area contributed by atoms with Crippen molar-refractivity contribution >= 4 is 11.9 Å². The molecule has 1 rings (SSSR count). The van der Waals surface area contributed by atoms with Gasteiger partial charge in [-0.3, -0.25) is 0 Å². The van der Waals surface area contributed by atoms with E-state index in [0.717, 1.165) is 0 Å². The zero-order valence-electron chi connectivity index (χ0n) is 15.0. The van der Waals surface area contributed by atoms with Gasteiger partial charge in [0.15, 0.2) is 0 Å². The summed E-state index contributed by atoms with van der Waals surface area (Å²) < 4.78 is 15.5. The summed E-state index contributed by atoms with van der Waals surface area (Å²) in [5.74, 6) is -0.784. The van der Waals surface area contributed by atoms with Crippen LogP contribution in [0.15, 0.2) is 67.8 Å². The van der Waals surface area contributed by atoms with E-state index < -0.39 is 11.9 Å². The molecule has 0 radical (unpaired) electrons. The third kappa shape index (κ3) is 7.21. The van der Waals surface area contributed by atoms with Gasteiger partial charge in [0.25, 0.3) is 0 Å². The number of esters is 2. The highest BCUT2D eigenvalue weighted by atomic mass is 16.5. The largest absolute Gasteiger partial charge is 0.497 e. The molecule has 0 saturated carbocycles. The molecule has 0 aliphatic rings. The number of hydrogen-bond acceptors (Lipinski definition) is 5. The fraction of sp³-hybridized carbons (Fsp3) is 0.238. The normalized spacial score (nSPS) is 10.7. The van der Waals surface area contributed by atoms with Crippen LogP contribution in [-0.2, 0) is 9.47 Å². The summed E-state index contributed by atoms with van der Waals surface area (Å²) in [6, 6.07) is 4.53. The second-order valence-electron chi connectivity index (χ2n) is 5.10. The Bertz CT molecular complexity index is 686. The highest BCUT2D eigenvalue weighted by Crippen LogP contribution is 2.20. The van der Waals surface area contributed by atoms with Crippen LogP contribution in [0.3, 0.4) is 0 Å². The Morgan fingerprint density at radius 1 is 0.885 bits per heavy atom. The smallest absolute Gasteiger partial charge is 0.339 e. The molecule has 1 aromatic rings.